The van der Waals surface area contributed by atoms with Crippen molar-refractivity contribution in [2.24, 2.45) is 0 Å². The molecule has 0 heterocycles. The van der Waals surface area contributed by atoms with E-state index in [1.54, 1.807) is 19.1 Å². The Labute approximate surface area is 124 Å². The second-order valence-corrected chi connectivity index (χ2v) is 6.03. The molecule has 1 rings (SSSR count). The van der Waals surface area contributed by atoms with Gasteiger partial charge in [-0.3, -0.25) is 4.79 Å². The molecule has 0 aliphatic heterocycles. The summed E-state index contributed by atoms with van der Waals surface area (Å²) in [5.41, 5.74) is 0.609. The summed E-state index contributed by atoms with van der Waals surface area (Å²) in [5.74, 6) is 4.80. The number of carbonyl (C=O) groups is 1. The van der Waals surface area contributed by atoms with Crippen LogP contribution in [0.4, 0.5) is 0 Å². The molecule has 0 aliphatic rings. The first-order chi connectivity index (χ1) is 9.95. The standard InChI is InChI=1S/C14H18N2O4S/c1-3-16(11-14(18)15-2)21(19,20)13-8-6-12(7-9-13)5-4-10-17/h6-9,17H,3,10-11H2,1-2H3,(H,15,18). The number of aliphatic hydroxyl groups excluding tert-OH is 1. The number of nitrogens with one attached hydrogen (secondary N) is 1. The normalized spacial score (nSPS) is 10.9. The second-order valence-electron chi connectivity index (χ2n) is 4.09. The molecule has 114 valence electrons. The highest BCUT2D eigenvalue weighted by Gasteiger charge is 2.24. The molecule has 1 aromatic carbocycles. The fourth-order valence-electron chi connectivity index (χ4n) is 1.61. The fraction of sp³-hybridized carbons (Fsp3) is 0.357. The number of sulfonamides is 1. The van der Waals surface area contributed by atoms with Gasteiger partial charge in [-0.2, -0.15) is 4.31 Å². The number of rotatable bonds is 5. The number of carbonyl (C=O) groups excluding carboxylic acids is 1. The molecule has 7 heteroatoms. The van der Waals surface area contributed by atoms with Crippen LogP contribution in [0, 0.1) is 11.8 Å². The van der Waals surface area contributed by atoms with E-state index in [-0.39, 0.29) is 30.5 Å². The second kappa shape index (κ2) is 7.78. The van der Waals surface area contributed by atoms with Gasteiger partial charge in [0.05, 0.1) is 11.4 Å². The van der Waals surface area contributed by atoms with Crippen LogP contribution < -0.4 is 5.32 Å². The summed E-state index contributed by atoms with van der Waals surface area (Å²) in [5, 5.41) is 11.0. The van der Waals surface area contributed by atoms with Crippen LogP contribution in [0.3, 0.4) is 0 Å². The molecule has 0 saturated carbocycles. The van der Waals surface area contributed by atoms with Gasteiger partial charge in [-0.05, 0) is 24.3 Å². The summed E-state index contributed by atoms with van der Waals surface area (Å²) in [6, 6.07) is 5.99. The Hall–Kier alpha value is -1.88. The minimum absolute atomic E-state index is 0.0998. The number of hydrogen-bond acceptors (Lipinski definition) is 4. The Balaban J connectivity index is 3.03. The van der Waals surface area contributed by atoms with Crippen molar-refractivity contribution in [3.8, 4) is 11.8 Å². The first kappa shape index (κ1) is 17.2. The zero-order chi connectivity index (χ0) is 15.9. The quantitative estimate of drug-likeness (QED) is 0.737. The first-order valence-corrected chi connectivity index (χ1v) is 7.80. The molecule has 21 heavy (non-hydrogen) atoms. The highest BCUT2D eigenvalue weighted by Crippen LogP contribution is 2.16. The number of hydrogen-bond donors (Lipinski definition) is 2. The maximum absolute atomic E-state index is 12.4. The third-order valence-electron chi connectivity index (χ3n) is 2.76. The van der Waals surface area contributed by atoms with Gasteiger partial charge in [-0.25, -0.2) is 8.42 Å². The Kier molecular flexibility index (Phi) is 6.37. The van der Waals surface area contributed by atoms with E-state index in [4.69, 9.17) is 5.11 Å². The van der Waals surface area contributed by atoms with Crippen LogP contribution in [0.5, 0.6) is 0 Å². The molecule has 0 spiro atoms. The van der Waals surface area contributed by atoms with Gasteiger partial charge >= 0.3 is 0 Å². The Morgan fingerprint density at radius 2 is 1.95 bits per heavy atom. The lowest BCUT2D eigenvalue weighted by Gasteiger charge is -2.19. The van der Waals surface area contributed by atoms with Crippen LogP contribution in [-0.4, -0.2) is 50.5 Å². The van der Waals surface area contributed by atoms with Gasteiger partial charge in [-0.15, -0.1) is 0 Å². The van der Waals surface area contributed by atoms with Crippen molar-refractivity contribution in [3.05, 3.63) is 29.8 Å². The van der Waals surface area contributed by atoms with Crippen molar-refractivity contribution in [1.82, 2.24) is 9.62 Å². The molecule has 0 unspecified atom stereocenters. The van der Waals surface area contributed by atoms with Gasteiger partial charge in [0, 0.05) is 19.2 Å². The number of likely N-dealkylation sites (N-methyl/N-ethyl adjacent to an activating group) is 2. The summed E-state index contributed by atoms with van der Waals surface area (Å²) >= 11 is 0. The van der Waals surface area contributed by atoms with E-state index < -0.39 is 10.0 Å². The van der Waals surface area contributed by atoms with E-state index in [9.17, 15) is 13.2 Å². The molecule has 0 radical (unpaired) electrons. The van der Waals surface area contributed by atoms with E-state index in [1.807, 2.05) is 0 Å². The highest BCUT2D eigenvalue weighted by molar-refractivity contribution is 7.89. The third-order valence-corrected chi connectivity index (χ3v) is 4.69. The average Bonchev–Trinajstić information content (AvgIpc) is 2.50. The molecule has 0 saturated heterocycles. The molecule has 0 fully saturated rings. The smallest absolute Gasteiger partial charge is 0.243 e. The van der Waals surface area contributed by atoms with E-state index in [0.717, 1.165) is 4.31 Å². The van der Waals surface area contributed by atoms with Crippen molar-refractivity contribution >= 4 is 15.9 Å². The van der Waals surface area contributed by atoms with Gasteiger partial charge in [-0.1, -0.05) is 18.8 Å². The molecule has 2 N–H and O–H groups in total. The zero-order valence-corrected chi connectivity index (χ0v) is 12.8. The third kappa shape index (κ3) is 4.56. The average molecular weight is 310 g/mol. The van der Waals surface area contributed by atoms with Gasteiger partial charge in [0.2, 0.25) is 15.9 Å². The highest BCUT2D eigenvalue weighted by atomic mass is 32.2. The van der Waals surface area contributed by atoms with Crippen LogP contribution in [0.15, 0.2) is 29.2 Å². The van der Waals surface area contributed by atoms with E-state index in [0.29, 0.717) is 5.56 Å². The summed E-state index contributed by atoms with van der Waals surface area (Å²) in [4.78, 5) is 11.5. The Bertz CT molecular complexity index is 642. The number of amides is 1. The van der Waals surface area contributed by atoms with Crippen molar-refractivity contribution in [3.63, 3.8) is 0 Å². The minimum Gasteiger partial charge on any atom is -0.384 e. The summed E-state index contributed by atoms with van der Waals surface area (Å²) in [7, 11) is -2.26. The van der Waals surface area contributed by atoms with Crippen LogP contribution >= 0.6 is 0 Å². The lowest BCUT2D eigenvalue weighted by Crippen LogP contribution is -2.39. The minimum atomic E-state index is -3.72. The van der Waals surface area contributed by atoms with Crippen LogP contribution in [-0.2, 0) is 14.8 Å². The van der Waals surface area contributed by atoms with Gasteiger partial charge in [0.1, 0.15) is 6.61 Å². The number of nitrogens with zero attached hydrogens (tertiary/aromatic N) is 1. The van der Waals surface area contributed by atoms with Crippen LogP contribution in [0.1, 0.15) is 12.5 Å². The topological polar surface area (TPSA) is 86.7 Å². The SMILES string of the molecule is CCN(CC(=O)NC)S(=O)(=O)c1ccc(C#CCO)cc1. The molecule has 1 aromatic rings. The monoisotopic (exact) mass is 310 g/mol. The molecule has 0 atom stereocenters. The van der Waals surface area contributed by atoms with E-state index in [1.165, 1.54) is 19.2 Å². The largest absolute Gasteiger partial charge is 0.384 e. The Morgan fingerprint density at radius 1 is 1.33 bits per heavy atom. The first-order valence-electron chi connectivity index (χ1n) is 6.36. The molecule has 0 aromatic heterocycles. The molecular formula is C14H18N2O4S. The number of benzene rings is 1. The predicted molar refractivity (Wildman–Crippen MR) is 78.9 cm³/mol. The zero-order valence-electron chi connectivity index (χ0n) is 12.0. The number of aliphatic hydroxyl groups is 1. The van der Waals surface area contributed by atoms with Crippen molar-refractivity contribution in [1.29, 1.82) is 0 Å². The lowest BCUT2D eigenvalue weighted by molar-refractivity contribution is -0.120. The van der Waals surface area contributed by atoms with Crippen molar-refractivity contribution in [2.75, 3.05) is 26.7 Å². The van der Waals surface area contributed by atoms with Gasteiger partial charge < -0.3 is 10.4 Å². The molecule has 1 amide bonds. The fourth-order valence-corrected chi connectivity index (χ4v) is 3.01. The molecule has 6 nitrogen and oxygen atoms in total. The predicted octanol–water partition coefficient (Wildman–Crippen LogP) is -0.213. The Morgan fingerprint density at radius 3 is 2.43 bits per heavy atom. The maximum atomic E-state index is 12.4. The summed E-state index contributed by atoms with van der Waals surface area (Å²) in [6.07, 6.45) is 0. The van der Waals surface area contributed by atoms with E-state index >= 15 is 0 Å². The summed E-state index contributed by atoms with van der Waals surface area (Å²) < 4.78 is 25.9. The van der Waals surface area contributed by atoms with Crippen LogP contribution in [0.25, 0.3) is 0 Å². The maximum Gasteiger partial charge on any atom is 0.243 e. The van der Waals surface area contributed by atoms with Crippen LogP contribution in [0.2, 0.25) is 0 Å². The van der Waals surface area contributed by atoms with Gasteiger partial charge in [0.15, 0.2) is 0 Å². The molecular weight excluding hydrogens is 292 g/mol. The van der Waals surface area contributed by atoms with E-state index in [2.05, 4.69) is 17.2 Å². The summed E-state index contributed by atoms with van der Waals surface area (Å²) in [6.45, 7) is 1.39. The van der Waals surface area contributed by atoms with Crippen molar-refractivity contribution in [2.45, 2.75) is 11.8 Å². The molecule has 0 aliphatic carbocycles. The van der Waals surface area contributed by atoms with Gasteiger partial charge in [0.25, 0.3) is 0 Å². The lowest BCUT2D eigenvalue weighted by atomic mass is 10.2. The van der Waals surface area contributed by atoms with Crippen molar-refractivity contribution < 1.29 is 18.3 Å². The molecule has 0 bridgehead atoms.